The molecule has 7 nitrogen and oxygen atoms in total. The van der Waals surface area contributed by atoms with Gasteiger partial charge in [-0.25, -0.2) is 0 Å². The molecular weight excluding hydrogens is 463 g/mol. The number of carbonyl (C=O) groups is 3. The Morgan fingerprint density at radius 3 is 2.33 bits per heavy atom. The zero-order valence-corrected chi connectivity index (χ0v) is 19.3. The van der Waals surface area contributed by atoms with Crippen molar-refractivity contribution >= 4 is 46.7 Å². The Kier molecular flexibility index (Phi) is 7.11. The van der Waals surface area contributed by atoms with E-state index in [0.717, 1.165) is 12.0 Å². The topological polar surface area (TPSA) is 84.3 Å². The molecule has 0 saturated carbocycles. The second-order valence-corrected chi connectivity index (χ2v) is 8.63. The molecule has 4 rings (SSSR count). The summed E-state index contributed by atoms with van der Waals surface area (Å²) >= 11 is 12.0. The molecule has 0 unspecified atom stereocenters. The van der Waals surface area contributed by atoms with E-state index in [0.29, 0.717) is 59.3 Å². The first-order valence-electron chi connectivity index (χ1n) is 10.6. The van der Waals surface area contributed by atoms with E-state index in [-0.39, 0.29) is 17.7 Å². The fourth-order valence-corrected chi connectivity index (χ4v) is 4.04. The van der Waals surface area contributed by atoms with Crippen LogP contribution in [0.1, 0.15) is 52.0 Å². The van der Waals surface area contributed by atoms with Crippen LogP contribution in [0.5, 0.6) is 0 Å². The van der Waals surface area contributed by atoms with Crippen LogP contribution in [0.2, 0.25) is 10.0 Å². The van der Waals surface area contributed by atoms with Gasteiger partial charge >= 0.3 is 0 Å². The number of carbonyl (C=O) groups excluding carboxylic acids is 3. The fourth-order valence-electron chi connectivity index (χ4n) is 3.72. The monoisotopic (exact) mass is 484 g/mol. The van der Waals surface area contributed by atoms with Crippen molar-refractivity contribution in [3.8, 4) is 0 Å². The van der Waals surface area contributed by atoms with Crippen LogP contribution in [-0.4, -0.2) is 38.9 Å². The van der Waals surface area contributed by atoms with Crippen LogP contribution in [0.3, 0.4) is 0 Å². The molecule has 0 bridgehead atoms. The van der Waals surface area contributed by atoms with Crippen molar-refractivity contribution in [1.82, 2.24) is 14.7 Å². The van der Waals surface area contributed by atoms with Crippen LogP contribution in [-0.2, 0) is 11.3 Å². The predicted molar refractivity (Wildman–Crippen MR) is 127 cm³/mol. The number of nitrogens with zero attached hydrogens (tertiary/aromatic N) is 3. The Morgan fingerprint density at radius 2 is 1.64 bits per heavy atom. The van der Waals surface area contributed by atoms with Gasteiger partial charge < -0.3 is 5.32 Å². The van der Waals surface area contributed by atoms with Crippen molar-refractivity contribution in [3.63, 3.8) is 0 Å². The number of anilines is 1. The third-order valence-electron chi connectivity index (χ3n) is 5.40. The van der Waals surface area contributed by atoms with Gasteiger partial charge in [0.2, 0.25) is 5.91 Å². The smallest absolute Gasteiger partial charge is 0.261 e. The third-order valence-corrected chi connectivity index (χ3v) is 6.14. The van der Waals surface area contributed by atoms with Crippen LogP contribution < -0.4 is 5.32 Å². The van der Waals surface area contributed by atoms with Crippen LogP contribution in [0.15, 0.2) is 54.7 Å². The van der Waals surface area contributed by atoms with Crippen LogP contribution in [0.4, 0.5) is 5.82 Å². The van der Waals surface area contributed by atoms with Crippen LogP contribution in [0, 0.1) is 0 Å². The molecule has 0 spiro atoms. The largest absolute Gasteiger partial charge is 0.309 e. The summed E-state index contributed by atoms with van der Waals surface area (Å²) in [6.07, 6.45) is 4.14. The highest BCUT2D eigenvalue weighted by Gasteiger charge is 2.34. The molecule has 1 aliphatic heterocycles. The number of fused-ring (bicyclic) bond motifs is 1. The molecule has 0 saturated heterocycles. The quantitative estimate of drug-likeness (QED) is 0.340. The van der Waals surface area contributed by atoms with Gasteiger partial charge in [0.05, 0.1) is 27.7 Å². The van der Waals surface area contributed by atoms with Gasteiger partial charge in [0.1, 0.15) is 0 Å². The van der Waals surface area contributed by atoms with Crippen molar-refractivity contribution in [2.75, 3.05) is 11.9 Å². The van der Waals surface area contributed by atoms with Gasteiger partial charge in [-0.05, 0) is 42.7 Å². The third kappa shape index (κ3) is 5.43. The number of amides is 3. The van der Waals surface area contributed by atoms with Gasteiger partial charge in [0.15, 0.2) is 5.82 Å². The molecule has 1 N–H and O–H groups in total. The van der Waals surface area contributed by atoms with Gasteiger partial charge in [-0.15, -0.1) is 0 Å². The lowest BCUT2D eigenvalue weighted by Crippen LogP contribution is -2.30. The normalized spacial score (nSPS) is 12.8. The maximum atomic E-state index is 12.4. The van der Waals surface area contributed by atoms with Crippen LogP contribution in [0.25, 0.3) is 0 Å². The van der Waals surface area contributed by atoms with Gasteiger partial charge in [-0.1, -0.05) is 47.8 Å². The van der Waals surface area contributed by atoms with Crippen molar-refractivity contribution < 1.29 is 14.4 Å². The molecule has 3 amide bonds. The molecule has 170 valence electrons. The number of hydrogen-bond donors (Lipinski definition) is 1. The van der Waals surface area contributed by atoms with Crippen molar-refractivity contribution in [1.29, 1.82) is 0 Å². The molecule has 0 atom stereocenters. The number of imide groups is 1. The van der Waals surface area contributed by atoms with Gasteiger partial charge in [-0.3, -0.25) is 24.0 Å². The summed E-state index contributed by atoms with van der Waals surface area (Å²) in [6, 6.07) is 14.0. The number of benzene rings is 2. The van der Waals surface area contributed by atoms with E-state index in [4.69, 9.17) is 23.2 Å². The lowest BCUT2D eigenvalue weighted by molar-refractivity contribution is -0.116. The molecule has 1 aromatic heterocycles. The highest BCUT2D eigenvalue weighted by atomic mass is 35.5. The maximum absolute atomic E-state index is 12.4. The first-order valence-corrected chi connectivity index (χ1v) is 11.4. The number of aromatic nitrogens is 2. The van der Waals surface area contributed by atoms with Gasteiger partial charge in [-0.2, -0.15) is 5.10 Å². The zero-order chi connectivity index (χ0) is 23.4. The standard InChI is InChI=1S/C24H22Cl2N4O3/c25-19-10-9-16(14-20(19)26)15-29-13-11-21(28-29)27-22(31)8-2-1-5-12-30-23(32)17-6-3-4-7-18(17)24(30)33/h3-4,6-7,9-11,13-14H,1-2,5,8,12,15H2,(H,27,28,31). The molecular formula is C24H22Cl2N4O3. The van der Waals surface area contributed by atoms with E-state index in [1.54, 1.807) is 53.3 Å². The SMILES string of the molecule is O=C(CCCCCN1C(=O)c2ccccc2C1=O)Nc1ccn(Cc2ccc(Cl)c(Cl)c2)n1. The molecule has 33 heavy (non-hydrogen) atoms. The lowest BCUT2D eigenvalue weighted by atomic mass is 10.1. The summed E-state index contributed by atoms with van der Waals surface area (Å²) in [5.41, 5.74) is 1.87. The Balaban J connectivity index is 1.17. The Hall–Kier alpha value is -3.16. The summed E-state index contributed by atoms with van der Waals surface area (Å²) in [4.78, 5) is 38.2. The number of nitrogens with one attached hydrogen (secondary N) is 1. The molecule has 2 aromatic carbocycles. The van der Waals surface area contributed by atoms with E-state index >= 15 is 0 Å². The summed E-state index contributed by atoms with van der Waals surface area (Å²) in [5.74, 6) is -0.142. The molecule has 3 aromatic rings. The van der Waals surface area contributed by atoms with Gasteiger partial charge in [0.25, 0.3) is 11.8 Å². The van der Waals surface area contributed by atoms with Gasteiger partial charge in [0, 0.05) is 25.2 Å². The molecule has 2 heterocycles. The van der Waals surface area contributed by atoms with E-state index in [1.807, 2.05) is 6.07 Å². The van der Waals surface area contributed by atoms with E-state index in [9.17, 15) is 14.4 Å². The minimum atomic E-state index is -0.246. The Labute approximate surface area is 201 Å². The number of rotatable bonds is 9. The minimum absolute atomic E-state index is 0.129. The lowest BCUT2D eigenvalue weighted by Gasteiger charge is -2.13. The molecule has 1 aliphatic rings. The predicted octanol–water partition coefficient (Wildman–Crippen LogP) is 5.03. The number of halogens is 2. The van der Waals surface area contributed by atoms with Crippen molar-refractivity contribution in [2.45, 2.75) is 32.2 Å². The molecule has 9 heteroatoms. The number of hydrogen-bond acceptors (Lipinski definition) is 4. The Bertz CT molecular complexity index is 1170. The fraction of sp³-hybridized carbons (Fsp3) is 0.250. The summed E-state index contributed by atoms with van der Waals surface area (Å²) in [6.45, 7) is 0.859. The highest BCUT2D eigenvalue weighted by molar-refractivity contribution is 6.42. The van der Waals surface area contributed by atoms with E-state index in [2.05, 4.69) is 10.4 Å². The molecule has 0 radical (unpaired) electrons. The average molecular weight is 485 g/mol. The second-order valence-electron chi connectivity index (χ2n) is 7.81. The maximum Gasteiger partial charge on any atom is 0.261 e. The van der Waals surface area contributed by atoms with Crippen molar-refractivity contribution in [3.05, 3.63) is 81.5 Å². The summed E-state index contributed by atoms with van der Waals surface area (Å²) < 4.78 is 1.71. The first-order chi connectivity index (χ1) is 15.9. The highest BCUT2D eigenvalue weighted by Crippen LogP contribution is 2.24. The van der Waals surface area contributed by atoms with Crippen LogP contribution >= 0.6 is 23.2 Å². The minimum Gasteiger partial charge on any atom is -0.309 e. The van der Waals surface area contributed by atoms with E-state index in [1.165, 1.54) is 4.90 Å². The Morgan fingerprint density at radius 1 is 0.909 bits per heavy atom. The van der Waals surface area contributed by atoms with Crippen molar-refractivity contribution in [2.24, 2.45) is 0 Å². The summed E-state index contributed by atoms with van der Waals surface area (Å²) in [7, 11) is 0. The first kappa shape index (κ1) is 23.0. The average Bonchev–Trinajstić information content (AvgIpc) is 3.33. The number of unbranched alkanes of at least 4 members (excludes halogenated alkanes) is 2. The van der Waals surface area contributed by atoms with E-state index < -0.39 is 0 Å². The summed E-state index contributed by atoms with van der Waals surface area (Å²) in [5, 5.41) is 8.13. The molecule has 0 aliphatic carbocycles. The second kappa shape index (κ2) is 10.2. The zero-order valence-electron chi connectivity index (χ0n) is 17.8. The molecule has 0 fully saturated rings.